The Labute approximate surface area is 118 Å². The smallest absolute Gasteiger partial charge is 0.00510 e. The minimum Gasteiger partial charge on any atom is -0.143 e. The molecule has 2 aromatic carbocycles. The maximum absolute atomic E-state index is 4.11. The average molecular weight is 284 g/mol. The highest BCUT2D eigenvalue weighted by molar-refractivity contribution is 7.81. The van der Waals surface area contributed by atoms with E-state index in [4.69, 9.17) is 0 Å². The Bertz CT molecular complexity index is 376. The minimum atomic E-state index is 0.956. The fourth-order valence-electron chi connectivity index (χ4n) is 0.986. The largest absolute Gasteiger partial charge is 0.143 e. The van der Waals surface area contributed by atoms with Crippen molar-refractivity contribution in [2.75, 3.05) is 0 Å². The molecule has 0 fully saturated rings. The van der Waals surface area contributed by atoms with Crippen LogP contribution in [0, 0.1) is 0 Å². The average Bonchev–Trinajstić information content (AvgIpc) is 2.17. The van der Waals surface area contributed by atoms with Crippen LogP contribution in [0.2, 0.25) is 0 Å². The maximum Gasteiger partial charge on any atom is 0.00510 e. The molecular formula is C12H12S4. The Kier molecular flexibility index (Phi) is 6.28. The summed E-state index contributed by atoms with van der Waals surface area (Å²) in [4.78, 5) is 3.82. The molecule has 0 aromatic heterocycles. The van der Waals surface area contributed by atoms with E-state index in [0.717, 1.165) is 19.6 Å². The van der Waals surface area contributed by atoms with E-state index in [1.807, 2.05) is 48.5 Å². The molecular weight excluding hydrogens is 272 g/mol. The Morgan fingerprint density at radius 2 is 0.750 bits per heavy atom. The van der Waals surface area contributed by atoms with E-state index in [9.17, 15) is 0 Å². The van der Waals surface area contributed by atoms with Gasteiger partial charge in [-0.25, -0.2) is 0 Å². The third kappa shape index (κ3) is 5.80. The number of hydrogen-bond donors (Lipinski definition) is 4. The summed E-state index contributed by atoms with van der Waals surface area (Å²) in [5, 5.41) is 0. The molecule has 0 aliphatic rings. The molecule has 4 heteroatoms. The molecule has 16 heavy (non-hydrogen) atoms. The number of thiol groups is 4. The summed E-state index contributed by atoms with van der Waals surface area (Å²) in [6.07, 6.45) is 0. The third-order valence-electron chi connectivity index (χ3n) is 1.66. The molecule has 2 aromatic rings. The van der Waals surface area contributed by atoms with E-state index in [-0.39, 0.29) is 0 Å². The van der Waals surface area contributed by atoms with Crippen LogP contribution in [0.25, 0.3) is 0 Å². The molecule has 0 heterocycles. The van der Waals surface area contributed by atoms with E-state index in [2.05, 4.69) is 50.5 Å². The quantitative estimate of drug-likeness (QED) is 0.502. The number of hydrogen-bond acceptors (Lipinski definition) is 4. The van der Waals surface area contributed by atoms with Crippen LogP contribution in [-0.2, 0) is 0 Å². The van der Waals surface area contributed by atoms with Gasteiger partial charge in [0, 0.05) is 19.6 Å². The van der Waals surface area contributed by atoms with Crippen molar-refractivity contribution in [3.05, 3.63) is 48.5 Å². The first-order chi connectivity index (χ1) is 7.58. The topological polar surface area (TPSA) is 0 Å². The van der Waals surface area contributed by atoms with Crippen molar-refractivity contribution in [2.24, 2.45) is 0 Å². The molecule has 2 rings (SSSR count). The molecule has 0 atom stereocenters. The molecule has 0 N–H and O–H groups in total. The van der Waals surface area contributed by atoms with E-state index in [0.29, 0.717) is 0 Å². The number of benzene rings is 2. The zero-order valence-corrected chi connectivity index (χ0v) is 12.0. The van der Waals surface area contributed by atoms with Crippen LogP contribution in [0.5, 0.6) is 0 Å². The Balaban J connectivity index is 0.000000160. The Morgan fingerprint density at radius 1 is 0.500 bits per heavy atom. The van der Waals surface area contributed by atoms with Gasteiger partial charge in [-0.1, -0.05) is 12.1 Å². The summed E-state index contributed by atoms with van der Waals surface area (Å²) in [6.45, 7) is 0. The summed E-state index contributed by atoms with van der Waals surface area (Å²) in [5.41, 5.74) is 0. The molecule has 0 nitrogen and oxygen atoms in total. The normalized spacial score (nSPS) is 9.25. The van der Waals surface area contributed by atoms with Crippen molar-refractivity contribution >= 4 is 50.5 Å². The van der Waals surface area contributed by atoms with Gasteiger partial charge in [-0.3, -0.25) is 0 Å². The first kappa shape index (κ1) is 13.9. The van der Waals surface area contributed by atoms with Crippen molar-refractivity contribution in [1.29, 1.82) is 0 Å². The highest BCUT2D eigenvalue weighted by atomic mass is 32.1. The van der Waals surface area contributed by atoms with Crippen molar-refractivity contribution in [3.8, 4) is 0 Å². The lowest BCUT2D eigenvalue weighted by molar-refractivity contribution is 1.35. The van der Waals surface area contributed by atoms with Crippen LogP contribution < -0.4 is 0 Å². The van der Waals surface area contributed by atoms with Gasteiger partial charge in [0.05, 0.1) is 0 Å². The standard InChI is InChI=1S/2C6H6S2/c2*7-5-2-1-3-6(8)4-5/h2*1-4,7-8H. The summed E-state index contributed by atoms with van der Waals surface area (Å²) >= 11 is 16.4. The predicted octanol–water partition coefficient (Wildman–Crippen LogP) is 4.53. The summed E-state index contributed by atoms with van der Waals surface area (Å²) in [7, 11) is 0. The maximum atomic E-state index is 4.11. The van der Waals surface area contributed by atoms with E-state index in [1.165, 1.54) is 0 Å². The third-order valence-corrected chi connectivity index (χ3v) is 2.77. The highest BCUT2D eigenvalue weighted by Gasteiger charge is 1.83. The van der Waals surface area contributed by atoms with Crippen molar-refractivity contribution in [3.63, 3.8) is 0 Å². The lowest BCUT2D eigenvalue weighted by Gasteiger charge is -1.89. The van der Waals surface area contributed by atoms with Crippen LogP contribution in [0.3, 0.4) is 0 Å². The summed E-state index contributed by atoms with van der Waals surface area (Å²) in [6, 6.07) is 15.3. The van der Waals surface area contributed by atoms with Crippen molar-refractivity contribution in [1.82, 2.24) is 0 Å². The van der Waals surface area contributed by atoms with Crippen LogP contribution in [0.1, 0.15) is 0 Å². The molecule has 0 bridgehead atoms. The monoisotopic (exact) mass is 284 g/mol. The molecule has 0 spiro atoms. The van der Waals surface area contributed by atoms with E-state index in [1.54, 1.807) is 0 Å². The van der Waals surface area contributed by atoms with Gasteiger partial charge in [-0.2, -0.15) is 0 Å². The fourth-order valence-corrected chi connectivity index (χ4v) is 2.09. The highest BCUT2D eigenvalue weighted by Crippen LogP contribution is 2.11. The van der Waals surface area contributed by atoms with Gasteiger partial charge in [0.15, 0.2) is 0 Å². The second-order valence-corrected chi connectivity index (χ2v) is 5.11. The Morgan fingerprint density at radius 3 is 0.875 bits per heavy atom. The van der Waals surface area contributed by atoms with Gasteiger partial charge in [-0.15, -0.1) is 50.5 Å². The van der Waals surface area contributed by atoms with Gasteiger partial charge in [-0.05, 0) is 36.4 Å². The Hall–Kier alpha value is -0.160. The van der Waals surface area contributed by atoms with Gasteiger partial charge in [0.2, 0.25) is 0 Å². The van der Waals surface area contributed by atoms with Crippen LogP contribution in [0.4, 0.5) is 0 Å². The van der Waals surface area contributed by atoms with Crippen molar-refractivity contribution < 1.29 is 0 Å². The van der Waals surface area contributed by atoms with Crippen LogP contribution >= 0.6 is 50.5 Å². The molecule has 0 radical (unpaired) electrons. The first-order valence-electron chi connectivity index (χ1n) is 4.54. The second kappa shape index (κ2) is 7.22. The molecule has 0 aliphatic heterocycles. The lowest BCUT2D eigenvalue weighted by atomic mass is 10.4. The zero-order valence-electron chi connectivity index (χ0n) is 8.41. The molecule has 0 unspecified atom stereocenters. The summed E-state index contributed by atoms with van der Waals surface area (Å²) < 4.78 is 0. The molecule has 0 amide bonds. The fraction of sp³-hybridized carbons (Fsp3) is 0. The van der Waals surface area contributed by atoms with Gasteiger partial charge >= 0.3 is 0 Å². The van der Waals surface area contributed by atoms with Crippen molar-refractivity contribution in [2.45, 2.75) is 19.6 Å². The first-order valence-corrected chi connectivity index (χ1v) is 6.33. The zero-order chi connectivity index (χ0) is 12.0. The molecule has 0 aliphatic carbocycles. The lowest BCUT2D eigenvalue weighted by Crippen LogP contribution is -1.63. The van der Waals surface area contributed by atoms with Crippen LogP contribution in [0.15, 0.2) is 68.1 Å². The van der Waals surface area contributed by atoms with Gasteiger partial charge < -0.3 is 0 Å². The second-order valence-electron chi connectivity index (χ2n) is 3.04. The number of rotatable bonds is 0. The van der Waals surface area contributed by atoms with Gasteiger partial charge in [0.25, 0.3) is 0 Å². The molecule has 0 saturated heterocycles. The molecule has 84 valence electrons. The summed E-state index contributed by atoms with van der Waals surface area (Å²) in [5.74, 6) is 0. The van der Waals surface area contributed by atoms with E-state index < -0.39 is 0 Å². The minimum absolute atomic E-state index is 0.956. The van der Waals surface area contributed by atoms with Crippen LogP contribution in [-0.4, -0.2) is 0 Å². The van der Waals surface area contributed by atoms with E-state index >= 15 is 0 Å². The predicted molar refractivity (Wildman–Crippen MR) is 81.9 cm³/mol. The SMILES string of the molecule is Sc1cccc(S)c1.Sc1cccc(S)c1. The molecule has 0 saturated carbocycles. The van der Waals surface area contributed by atoms with Gasteiger partial charge in [0.1, 0.15) is 0 Å².